The number of nitrogens with two attached hydrogens (primary N) is 1. The summed E-state index contributed by atoms with van der Waals surface area (Å²) in [4.78, 5) is 52.6. The van der Waals surface area contributed by atoms with E-state index in [-0.39, 0.29) is 24.2 Å². The molecule has 208 valence electrons. The zero-order valence-electron chi connectivity index (χ0n) is 22.8. The molecule has 2 rings (SSSR count). The first-order valence-electron chi connectivity index (χ1n) is 12.4. The standard InChI is InChI=1S/C28H35N5O6/c1-17-9-8-10-18(2)23(17)32-25(36)24(19-11-6-7-12-21(19)34)33(16-15-29)26(37)20(13-14-22(30)35)31-27(38)39-28(3,4)5/h6-12,20,24,34H,13-14,16H2,1-5H3,(H2,30,35)(H,31,38)(H,32,36). The van der Waals surface area contributed by atoms with Crippen molar-refractivity contribution in [2.75, 3.05) is 11.9 Å². The maximum absolute atomic E-state index is 13.9. The summed E-state index contributed by atoms with van der Waals surface area (Å²) in [5.41, 5.74) is 6.52. The number of nitrogens with one attached hydrogen (secondary N) is 2. The molecule has 0 saturated carbocycles. The van der Waals surface area contributed by atoms with E-state index in [0.717, 1.165) is 16.0 Å². The van der Waals surface area contributed by atoms with E-state index < -0.39 is 48.0 Å². The highest BCUT2D eigenvalue weighted by atomic mass is 16.6. The van der Waals surface area contributed by atoms with E-state index in [0.29, 0.717) is 5.69 Å². The van der Waals surface area contributed by atoms with Crippen LogP contribution in [0.5, 0.6) is 5.75 Å². The van der Waals surface area contributed by atoms with Crippen LogP contribution in [0.1, 0.15) is 56.3 Å². The number of primary amides is 1. The van der Waals surface area contributed by atoms with E-state index in [9.17, 15) is 29.5 Å². The first kappa shape index (κ1) is 30.6. The monoisotopic (exact) mass is 537 g/mol. The van der Waals surface area contributed by atoms with Crippen molar-refractivity contribution in [3.63, 3.8) is 0 Å². The Bertz CT molecular complexity index is 1240. The van der Waals surface area contributed by atoms with Crippen molar-refractivity contribution in [2.45, 2.75) is 65.1 Å². The first-order chi connectivity index (χ1) is 18.2. The number of hydrogen-bond acceptors (Lipinski definition) is 7. The van der Waals surface area contributed by atoms with E-state index in [1.54, 1.807) is 58.9 Å². The summed E-state index contributed by atoms with van der Waals surface area (Å²) < 4.78 is 5.26. The predicted molar refractivity (Wildman–Crippen MR) is 144 cm³/mol. The Morgan fingerprint density at radius 1 is 1.08 bits per heavy atom. The summed E-state index contributed by atoms with van der Waals surface area (Å²) in [6.45, 7) is 7.96. The Labute approximate surface area is 227 Å². The molecule has 2 aromatic rings. The highest BCUT2D eigenvalue weighted by Crippen LogP contribution is 2.32. The van der Waals surface area contributed by atoms with Crippen molar-refractivity contribution < 1.29 is 29.0 Å². The molecule has 5 N–H and O–H groups in total. The Balaban J connectivity index is 2.57. The third-order valence-corrected chi connectivity index (χ3v) is 5.71. The number of nitriles is 1. The number of aryl methyl sites for hydroxylation is 2. The Morgan fingerprint density at radius 2 is 1.69 bits per heavy atom. The summed E-state index contributed by atoms with van der Waals surface area (Å²) in [5, 5.41) is 25.5. The summed E-state index contributed by atoms with van der Waals surface area (Å²) in [7, 11) is 0. The van der Waals surface area contributed by atoms with Gasteiger partial charge in [-0.15, -0.1) is 0 Å². The molecule has 11 nitrogen and oxygen atoms in total. The number of amides is 4. The third-order valence-electron chi connectivity index (χ3n) is 5.71. The molecule has 2 unspecified atom stereocenters. The topological polar surface area (TPSA) is 175 Å². The van der Waals surface area contributed by atoms with Gasteiger partial charge < -0.3 is 31.1 Å². The smallest absolute Gasteiger partial charge is 0.408 e. The number of phenols is 1. The lowest BCUT2D eigenvalue weighted by Crippen LogP contribution is -2.52. The van der Waals surface area contributed by atoms with Crippen LogP contribution in [-0.4, -0.2) is 52.0 Å². The number of hydrogen-bond donors (Lipinski definition) is 4. The summed E-state index contributed by atoms with van der Waals surface area (Å²) >= 11 is 0. The zero-order valence-corrected chi connectivity index (χ0v) is 22.8. The fraction of sp³-hybridized carbons (Fsp3) is 0.393. The molecule has 2 atom stereocenters. The maximum Gasteiger partial charge on any atom is 0.408 e. The average molecular weight is 538 g/mol. The lowest BCUT2D eigenvalue weighted by Gasteiger charge is -2.33. The van der Waals surface area contributed by atoms with Crippen molar-refractivity contribution in [3.05, 3.63) is 59.2 Å². The van der Waals surface area contributed by atoms with Gasteiger partial charge in [0.2, 0.25) is 11.8 Å². The molecule has 4 amide bonds. The number of para-hydroxylation sites is 2. The number of phenolic OH excluding ortho intramolecular Hbond substituents is 1. The minimum absolute atomic E-state index is 0.0655. The molecular weight excluding hydrogens is 502 g/mol. The number of benzene rings is 2. The Kier molecular flexibility index (Phi) is 10.4. The molecule has 0 bridgehead atoms. The van der Waals surface area contributed by atoms with Crippen LogP contribution in [0, 0.1) is 25.2 Å². The summed E-state index contributed by atoms with van der Waals surface area (Å²) in [6.07, 6.45) is -1.40. The second-order valence-corrected chi connectivity index (χ2v) is 10.0. The molecule has 2 aromatic carbocycles. The number of ether oxygens (including phenoxy) is 1. The first-order valence-corrected chi connectivity index (χ1v) is 12.4. The highest BCUT2D eigenvalue weighted by molar-refractivity contribution is 6.00. The van der Waals surface area contributed by atoms with Crippen LogP contribution in [0.4, 0.5) is 10.5 Å². The van der Waals surface area contributed by atoms with Crippen LogP contribution >= 0.6 is 0 Å². The quantitative estimate of drug-likeness (QED) is 0.336. The Morgan fingerprint density at radius 3 is 2.23 bits per heavy atom. The third kappa shape index (κ3) is 8.74. The van der Waals surface area contributed by atoms with Crippen LogP contribution in [0.3, 0.4) is 0 Å². The van der Waals surface area contributed by atoms with Crippen molar-refractivity contribution in [3.8, 4) is 11.8 Å². The number of anilines is 1. The van der Waals surface area contributed by atoms with Crippen molar-refractivity contribution >= 4 is 29.5 Å². The largest absolute Gasteiger partial charge is 0.508 e. The summed E-state index contributed by atoms with van der Waals surface area (Å²) in [6, 6.07) is 10.4. The number of alkyl carbamates (subject to hydrolysis) is 1. The lowest BCUT2D eigenvalue weighted by molar-refractivity contribution is -0.140. The molecule has 0 aromatic heterocycles. The van der Waals surface area contributed by atoms with Gasteiger partial charge in [-0.05, 0) is 58.2 Å². The molecular formula is C28H35N5O6. The van der Waals surface area contributed by atoms with Crippen LogP contribution in [0.15, 0.2) is 42.5 Å². The van der Waals surface area contributed by atoms with Gasteiger partial charge in [0, 0.05) is 17.7 Å². The minimum Gasteiger partial charge on any atom is -0.508 e. The summed E-state index contributed by atoms with van der Waals surface area (Å²) in [5.74, 6) is -2.52. The van der Waals surface area contributed by atoms with Gasteiger partial charge in [-0.25, -0.2) is 4.79 Å². The fourth-order valence-electron chi connectivity index (χ4n) is 3.94. The van der Waals surface area contributed by atoms with E-state index in [1.165, 1.54) is 12.1 Å². The normalized spacial score (nSPS) is 12.4. The molecule has 39 heavy (non-hydrogen) atoms. The number of nitrogens with zero attached hydrogens (tertiary/aromatic N) is 2. The zero-order chi connectivity index (χ0) is 29.3. The van der Waals surface area contributed by atoms with Crippen LogP contribution in [-0.2, 0) is 19.1 Å². The van der Waals surface area contributed by atoms with Crippen LogP contribution in [0.25, 0.3) is 0 Å². The molecule has 0 aliphatic carbocycles. The number of carbonyl (C=O) groups excluding carboxylic acids is 4. The van der Waals surface area contributed by atoms with Gasteiger partial charge in [0.15, 0.2) is 0 Å². The van der Waals surface area contributed by atoms with Crippen molar-refractivity contribution in [1.29, 1.82) is 5.26 Å². The van der Waals surface area contributed by atoms with Gasteiger partial charge in [-0.3, -0.25) is 14.4 Å². The van der Waals surface area contributed by atoms with Gasteiger partial charge in [0.25, 0.3) is 5.91 Å². The van der Waals surface area contributed by atoms with Gasteiger partial charge in [-0.2, -0.15) is 5.26 Å². The Hall–Kier alpha value is -4.59. The van der Waals surface area contributed by atoms with Gasteiger partial charge in [0.05, 0.1) is 6.07 Å². The molecule has 0 heterocycles. The van der Waals surface area contributed by atoms with Gasteiger partial charge in [0.1, 0.15) is 30.0 Å². The molecule has 0 aliphatic rings. The lowest BCUT2D eigenvalue weighted by atomic mass is 10.00. The molecule has 0 aliphatic heterocycles. The van der Waals surface area contributed by atoms with Crippen molar-refractivity contribution in [1.82, 2.24) is 10.2 Å². The molecule has 0 radical (unpaired) electrons. The number of carbonyl (C=O) groups is 4. The van der Waals surface area contributed by atoms with E-state index >= 15 is 0 Å². The molecule has 0 spiro atoms. The van der Waals surface area contributed by atoms with Crippen LogP contribution < -0.4 is 16.4 Å². The van der Waals surface area contributed by atoms with E-state index in [1.807, 2.05) is 12.1 Å². The van der Waals surface area contributed by atoms with Crippen molar-refractivity contribution in [2.24, 2.45) is 5.73 Å². The molecule has 11 heteroatoms. The second kappa shape index (κ2) is 13.3. The fourth-order valence-corrected chi connectivity index (χ4v) is 3.94. The van der Waals surface area contributed by atoms with Crippen LogP contribution in [0.2, 0.25) is 0 Å². The highest BCUT2D eigenvalue weighted by Gasteiger charge is 2.37. The maximum atomic E-state index is 13.9. The number of aromatic hydroxyl groups is 1. The van der Waals surface area contributed by atoms with E-state index in [4.69, 9.17) is 10.5 Å². The minimum atomic E-state index is -1.46. The molecule has 0 saturated heterocycles. The van der Waals surface area contributed by atoms with Gasteiger partial charge >= 0.3 is 6.09 Å². The number of rotatable bonds is 10. The molecule has 0 fully saturated rings. The predicted octanol–water partition coefficient (Wildman–Crippen LogP) is 3.20. The SMILES string of the molecule is Cc1cccc(C)c1NC(=O)C(c1ccccc1O)N(CC#N)C(=O)C(CCC(N)=O)NC(=O)OC(C)(C)C. The average Bonchev–Trinajstić information content (AvgIpc) is 2.83. The van der Waals surface area contributed by atoms with Gasteiger partial charge in [-0.1, -0.05) is 36.4 Å². The second-order valence-electron chi connectivity index (χ2n) is 10.0. The van der Waals surface area contributed by atoms with E-state index in [2.05, 4.69) is 10.6 Å².